The van der Waals surface area contributed by atoms with E-state index in [4.69, 9.17) is 0 Å². The zero-order chi connectivity index (χ0) is 23.8. The van der Waals surface area contributed by atoms with Crippen molar-refractivity contribution in [1.29, 1.82) is 0 Å². The van der Waals surface area contributed by atoms with Gasteiger partial charge in [0.05, 0.1) is 5.69 Å². The van der Waals surface area contributed by atoms with Gasteiger partial charge in [-0.05, 0) is 44.5 Å². The first-order valence-corrected chi connectivity index (χ1v) is 10.8. The maximum absolute atomic E-state index is 13.9. The van der Waals surface area contributed by atoms with Crippen LogP contribution in [0.2, 0.25) is 0 Å². The van der Waals surface area contributed by atoms with Crippen molar-refractivity contribution < 1.29 is 18.4 Å². The van der Waals surface area contributed by atoms with Gasteiger partial charge >= 0.3 is 0 Å². The fourth-order valence-corrected chi connectivity index (χ4v) is 3.83. The second kappa shape index (κ2) is 8.97. The van der Waals surface area contributed by atoms with Crippen molar-refractivity contribution in [3.05, 3.63) is 41.2 Å². The number of nitrogens with one attached hydrogen (secondary N) is 2. The summed E-state index contributed by atoms with van der Waals surface area (Å²) in [7, 11) is 1.95. The normalized spacial score (nSPS) is 17.6. The van der Waals surface area contributed by atoms with E-state index in [1.54, 1.807) is 0 Å². The van der Waals surface area contributed by atoms with E-state index in [2.05, 4.69) is 20.5 Å². The molecular weight excluding hydrogens is 416 g/mol. The van der Waals surface area contributed by atoms with Gasteiger partial charge in [0, 0.05) is 31.2 Å². The molecule has 174 valence electrons. The number of carbonyl (C=O) groups is 2. The third-order valence-electron chi connectivity index (χ3n) is 5.82. The Morgan fingerprint density at radius 1 is 1.25 bits per heavy atom. The van der Waals surface area contributed by atoms with Crippen LogP contribution in [0.1, 0.15) is 50.8 Å². The van der Waals surface area contributed by atoms with Gasteiger partial charge in [-0.2, -0.15) is 0 Å². The summed E-state index contributed by atoms with van der Waals surface area (Å²) in [5.41, 5.74) is 0.716. The van der Waals surface area contributed by atoms with Crippen LogP contribution in [0, 0.1) is 17.0 Å². The number of hydrogen-bond acceptors (Lipinski definition) is 4. The van der Waals surface area contributed by atoms with Crippen molar-refractivity contribution in [2.24, 2.45) is 5.41 Å². The van der Waals surface area contributed by atoms with E-state index in [0.717, 1.165) is 12.1 Å². The molecule has 2 aromatic rings. The number of hydrogen-bond donors (Lipinski definition) is 2. The van der Waals surface area contributed by atoms with Crippen LogP contribution in [-0.4, -0.2) is 51.9 Å². The first-order chi connectivity index (χ1) is 14.9. The average Bonchev–Trinajstić information content (AvgIpc) is 3.06. The zero-order valence-corrected chi connectivity index (χ0v) is 19.4. The van der Waals surface area contributed by atoms with Gasteiger partial charge in [-0.3, -0.25) is 14.5 Å². The Bertz CT molecular complexity index is 1030. The SMILES string of the molecule is CCNC(=O)C(NC(=O)c1nc(-c2ccc(F)c(F)c2)n2c1CN(C)C(C)C2)C(C)(C)C. The molecule has 9 heteroatoms. The zero-order valence-electron chi connectivity index (χ0n) is 19.4. The Morgan fingerprint density at radius 3 is 2.53 bits per heavy atom. The minimum absolute atomic E-state index is 0.161. The summed E-state index contributed by atoms with van der Waals surface area (Å²) in [5.74, 6) is -2.27. The smallest absolute Gasteiger partial charge is 0.272 e. The van der Waals surface area contributed by atoms with Gasteiger partial charge in [-0.25, -0.2) is 13.8 Å². The lowest BCUT2D eigenvalue weighted by Crippen LogP contribution is -2.53. The fraction of sp³-hybridized carbons (Fsp3) is 0.522. The van der Waals surface area contributed by atoms with Gasteiger partial charge in [0.1, 0.15) is 11.9 Å². The van der Waals surface area contributed by atoms with Gasteiger partial charge in [-0.1, -0.05) is 20.8 Å². The van der Waals surface area contributed by atoms with Crippen LogP contribution in [-0.2, 0) is 17.9 Å². The minimum atomic E-state index is -0.976. The monoisotopic (exact) mass is 447 g/mol. The molecule has 0 saturated carbocycles. The summed E-state index contributed by atoms with van der Waals surface area (Å²) in [6, 6.07) is 2.98. The molecule has 0 spiro atoms. The number of imidazole rings is 1. The Kier molecular flexibility index (Phi) is 6.69. The molecule has 2 heterocycles. The summed E-state index contributed by atoms with van der Waals surface area (Å²) in [5, 5.41) is 5.60. The molecule has 2 unspecified atom stereocenters. The van der Waals surface area contributed by atoms with Crippen LogP contribution >= 0.6 is 0 Å². The van der Waals surface area contributed by atoms with E-state index in [-0.39, 0.29) is 17.6 Å². The van der Waals surface area contributed by atoms with Crippen molar-refractivity contribution in [3.8, 4) is 11.4 Å². The summed E-state index contributed by atoms with van der Waals surface area (Å²) in [6.45, 7) is 10.9. The number of benzene rings is 1. The van der Waals surface area contributed by atoms with Crippen LogP contribution in [0.3, 0.4) is 0 Å². The van der Waals surface area contributed by atoms with E-state index in [9.17, 15) is 18.4 Å². The van der Waals surface area contributed by atoms with Gasteiger partial charge in [0.2, 0.25) is 5.91 Å². The maximum Gasteiger partial charge on any atom is 0.272 e. The Morgan fingerprint density at radius 2 is 1.94 bits per heavy atom. The van der Waals surface area contributed by atoms with Crippen molar-refractivity contribution in [2.75, 3.05) is 13.6 Å². The van der Waals surface area contributed by atoms with Crippen molar-refractivity contribution in [3.63, 3.8) is 0 Å². The predicted octanol–water partition coefficient (Wildman–Crippen LogP) is 2.94. The Hall–Kier alpha value is -2.81. The fourth-order valence-electron chi connectivity index (χ4n) is 3.83. The van der Waals surface area contributed by atoms with Crippen LogP contribution in [0.15, 0.2) is 18.2 Å². The number of amides is 2. The number of carbonyl (C=O) groups excluding carboxylic acids is 2. The molecule has 0 radical (unpaired) electrons. The largest absolute Gasteiger partial charge is 0.355 e. The van der Waals surface area contributed by atoms with Gasteiger partial charge < -0.3 is 15.2 Å². The summed E-state index contributed by atoms with van der Waals surface area (Å²) >= 11 is 0. The summed E-state index contributed by atoms with van der Waals surface area (Å²) in [4.78, 5) is 32.6. The van der Waals surface area contributed by atoms with E-state index in [1.165, 1.54) is 6.07 Å². The first kappa shape index (κ1) is 23.8. The topological polar surface area (TPSA) is 79.3 Å². The van der Waals surface area contributed by atoms with Crippen LogP contribution in [0.4, 0.5) is 8.78 Å². The molecule has 32 heavy (non-hydrogen) atoms. The van der Waals surface area contributed by atoms with E-state index >= 15 is 0 Å². The summed E-state index contributed by atoms with van der Waals surface area (Å²) < 4.78 is 29.3. The standard InChI is InChI=1S/C23H31F2N5O2/c1-7-26-22(32)19(23(3,4)5)28-21(31)18-17-12-29(6)13(2)11-30(17)20(27-18)14-8-9-15(24)16(25)10-14/h8-10,13,19H,7,11-12H2,1-6H3,(H,26,32)(H,28,31). The van der Waals surface area contributed by atoms with Gasteiger partial charge in [0.15, 0.2) is 17.3 Å². The molecule has 1 aliphatic heterocycles. The highest BCUT2D eigenvalue weighted by atomic mass is 19.2. The van der Waals surface area contributed by atoms with Gasteiger partial charge in [0.25, 0.3) is 5.91 Å². The molecular formula is C23H31F2N5O2. The van der Waals surface area contributed by atoms with Crippen LogP contribution < -0.4 is 10.6 Å². The molecule has 0 saturated heterocycles. The van der Waals surface area contributed by atoms with E-state index in [1.807, 2.05) is 46.2 Å². The number of likely N-dealkylation sites (N-methyl/N-ethyl adjacent to an activating group) is 2. The molecule has 2 N–H and O–H groups in total. The number of nitrogens with zero attached hydrogens (tertiary/aromatic N) is 3. The Balaban J connectivity index is 2.05. The lowest BCUT2D eigenvalue weighted by atomic mass is 9.86. The number of aromatic nitrogens is 2. The molecule has 1 aromatic carbocycles. The van der Waals surface area contributed by atoms with Gasteiger partial charge in [-0.15, -0.1) is 0 Å². The molecule has 1 aliphatic rings. The molecule has 2 amide bonds. The Labute approximate surface area is 187 Å². The molecule has 0 aliphatic carbocycles. The van der Waals surface area contributed by atoms with E-state index < -0.39 is 29.0 Å². The molecule has 0 bridgehead atoms. The van der Waals surface area contributed by atoms with Crippen LogP contribution in [0.25, 0.3) is 11.4 Å². The van der Waals surface area contributed by atoms with Crippen LogP contribution in [0.5, 0.6) is 0 Å². The number of fused-ring (bicyclic) bond motifs is 1. The molecule has 0 fully saturated rings. The van der Waals surface area contributed by atoms with Crippen molar-refractivity contribution >= 4 is 11.8 Å². The molecule has 7 nitrogen and oxygen atoms in total. The lowest BCUT2D eigenvalue weighted by Gasteiger charge is -2.33. The quantitative estimate of drug-likeness (QED) is 0.739. The van der Waals surface area contributed by atoms with Crippen molar-refractivity contribution in [1.82, 2.24) is 25.1 Å². The predicted molar refractivity (Wildman–Crippen MR) is 118 cm³/mol. The lowest BCUT2D eigenvalue weighted by molar-refractivity contribution is -0.125. The second-order valence-corrected chi connectivity index (χ2v) is 9.40. The number of halogens is 2. The van der Waals surface area contributed by atoms with Crippen molar-refractivity contribution in [2.45, 2.75) is 59.8 Å². The summed E-state index contributed by atoms with van der Waals surface area (Å²) in [6.07, 6.45) is 0. The average molecular weight is 448 g/mol. The third-order valence-corrected chi connectivity index (χ3v) is 5.82. The first-order valence-electron chi connectivity index (χ1n) is 10.8. The highest BCUT2D eigenvalue weighted by molar-refractivity contribution is 5.98. The second-order valence-electron chi connectivity index (χ2n) is 9.40. The molecule has 3 rings (SSSR count). The molecule has 2 atom stereocenters. The third kappa shape index (κ3) is 4.67. The maximum atomic E-state index is 13.9. The number of rotatable bonds is 5. The molecule has 1 aromatic heterocycles. The van der Waals surface area contributed by atoms with E-state index in [0.29, 0.717) is 36.7 Å². The highest BCUT2D eigenvalue weighted by Gasteiger charge is 2.36. The minimum Gasteiger partial charge on any atom is -0.355 e. The highest BCUT2D eigenvalue weighted by Crippen LogP contribution is 2.29.